The molecule has 0 saturated heterocycles. The highest BCUT2D eigenvalue weighted by molar-refractivity contribution is 6.04. The highest BCUT2D eigenvalue weighted by Crippen LogP contribution is 2.20. The maximum atomic E-state index is 12.5. The Bertz CT molecular complexity index is 949. The fraction of sp³-hybridized carbons (Fsp3) is 0.0909. The quantitative estimate of drug-likeness (QED) is 0.650. The molecule has 0 aliphatic heterocycles. The van der Waals surface area contributed by atoms with E-state index in [0.717, 1.165) is 5.56 Å². The van der Waals surface area contributed by atoms with Crippen molar-refractivity contribution < 1.29 is 14.3 Å². The topological polar surface area (TPSA) is 60.5 Å². The lowest BCUT2D eigenvalue weighted by molar-refractivity contribution is 0.102. The first-order chi connectivity index (χ1) is 13.2. The summed E-state index contributed by atoms with van der Waals surface area (Å²) in [6, 6.07) is 17.9. The van der Waals surface area contributed by atoms with Crippen molar-refractivity contribution in [2.24, 2.45) is 0 Å². The molecule has 1 amide bonds. The van der Waals surface area contributed by atoms with Gasteiger partial charge >= 0.3 is 0 Å². The fourth-order valence-electron chi connectivity index (χ4n) is 2.37. The highest BCUT2D eigenvalue weighted by atomic mass is 16.5. The van der Waals surface area contributed by atoms with Crippen LogP contribution >= 0.6 is 0 Å². The maximum Gasteiger partial charge on any atom is 0.255 e. The van der Waals surface area contributed by atoms with Crippen molar-refractivity contribution in [1.29, 1.82) is 0 Å². The fourth-order valence-corrected chi connectivity index (χ4v) is 2.37. The van der Waals surface area contributed by atoms with Gasteiger partial charge in [-0.1, -0.05) is 24.1 Å². The Kier molecular flexibility index (Phi) is 6.05. The van der Waals surface area contributed by atoms with Gasteiger partial charge in [0.25, 0.3) is 5.91 Å². The van der Waals surface area contributed by atoms with Gasteiger partial charge in [0.2, 0.25) is 0 Å². The molecule has 0 atom stereocenters. The summed E-state index contributed by atoms with van der Waals surface area (Å²) in [4.78, 5) is 16.6. The summed E-state index contributed by atoms with van der Waals surface area (Å²) in [5, 5.41) is 2.84. The van der Waals surface area contributed by atoms with Crippen LogP contribution in [-0.2, 0) is 6.61 Å². The van der Waals surface area contributed by atoms with E-state index in [-0.39, 0.29) is 12.5 Å². The van der Waals surface area contributed by atoms with Crippen LogP contribution in [-0.4, -0.2) is 17.5 Å². The van der Waals surface area contributed by atoms with Gasteiger partial charge in [0, 0.05) is 35.3 Å². The molecule has 0 radical (unpaired) electrons. The van der Waals surface area contributed by atoms with Crippen LogP contribution in [0.15, 0.2) is 73.1 Å². The normalized spacial score (nSPS) is 9.89. The van der Waals surface area contributed by atoms with Crippen LogP contribution in [0.2, 0.25) is 0 Å². The SMILES string of the molecule is C#CCOc1cccc(NC(=O)c2cccc(OCc3cccnc3)c2)c1. The van der Waals surface area contributed by atoms with Gasteiger partial charge in [-0.3, -0.25) is 9.78 Å². The summed E-state index contributed by atoms with van der Waals surface area (Å²) in [5.41, 5.74) is 2.07. The third kappa shape index (κ3) is 5.35. The third-order valence-electron chi connectivity index (χ3n) is 3.64. The average molecular weight is 358 g/mol. The number of aromatic nitrogens is 1. The first-order valence-electron chi connectivity index (χ1n) is 8.34. The number of pyridine rings is 1. The number of anilines is 1. The first kappa shape index (κ1) is 18.0. The Labute approximate surface area is 158 Å². The number of terminal acetylenes is 1. The minimum absolute atomic E-state index is 0.174. The average Bonchev–Trinajstić information content (AvgIpc) is 2.72. The van der Waals surface area contributed by atoms with Gasteiger partial charge < -0.3 is 14.8 Å². The highest BCUT2D eigenvalue weighted by Gasteiger charge is 2.08. The number of amides is 1. The standard InChI is InChI=1S/C22H18N2O3/c1-2-12-26-21-10-4-8-19(14-21)24-22(25)18-7-3-9-20(13-18)27-16-17-6-5-11-23-15-17/h1,3-11,13-15H,12,16H2,(H,24,25). The molecule has 2 aromatic carbocycles. The van der Waals surface area contributed by atoms with Crippen LogP contribution in [0.5, 0.6) is 11.5 Å². The number of carbonyl (C=O) groups excluding carboxylic acids is 1. The number of nitrogens with one attached hydrogen (secondary N) is 1. The molecule has 5 heteroatoms. The third-order valence-corrected chi connectivity index (χ3v) is 3.64. The van der Waals surface area contributed by atoms with Crippen molar-refractivity contribution in [1.82, 2.24) is 4.98 Å². The van der Waals surface area contributed by atoms with Gasteiger partial charge in [-0.05, 0) is 36.4 Å². The Hall–Kier alpha value is -3.78. The zero-order valence-corrected chi connectivity index (χ0v) is 14.6. The van der Waals surface area contributed by atoms with Gasteiger partial charge in [0.05, 0.1) is 0 Å². The summed E-state index contributed by atoms with van der Waals surface area (Å²) in [5.74, 6) is 3.37. The number of hydrogen-bond donors (Lipinski definition) is 1. The minimum Gasteiger partial charge on any atom is -0.489 e. The van der Waals surface area contributed by atoms with Crippen LogP contribution in [0.3, 0.4) is 0 Å². The Morgan fingerprint density at radius 3 is 2.63 bits per heavy atom. The van der Waals surface area contributed by atoms with Crippen LogP contribution < -0.4 is 14.8 Å². The van der Waals surface area contributed by atoms with Gasteiger partial charge in [-0.15, -0.1) is 6.42 Å². The zero-order valence-electron chi connectivity index (χ0n) is 14.6. The van der Waals surface area contributed by atoms with Gasteiger partial charge in [-0.25, -0.2) is 0 Å². The number of nitrogens with zero attached hydrogens (tertiary/aromatic N) is 1. The van der Waals surface area contributed by atoms with Crippen LogP contribution in [0.25, 0.3) is 0 Å². The monoisotopic (exact) mass is 358 g/mol. The molecular formula is C22H18N2O3. The van der Waals surface area contributed by atoms with Crippen molar-refractivity contribution in [2.45, 2.75) is 6.61 Å². The van der Waals surface area contributed by atoms with Gasteiger partial charge in [0.1, 0.15) is 24.7 Å². The van der Waals surface area contributed by atoms with Crippen molar-refractivity contribution in [3.05, 3.63) is 84.2 Å². The van der Waals surface area contributed by atoms with E-state index in [1.54, 1.807) is 60.9 Å². The summed E-state index contributed by atoms with van der Waals surface area (Å²) in [6.45, 7) is 0.557. The maximum absolute atomic E-state index is 12.5. The van der Waals surface area contributed by atoms with E-state index in [0.29, 0.717) is 29.4 Å². The van der Waals surface area contributed by atoms with Gasteiger partial charge in [-0.2, -0.15) is 0 Å². The second-order valence-corrected chi connectivity index (χ2v) is 5.65. The molecular weight excluding hydrogens is 340 g/mol. The van der Waals surface area contributed by atoms with Crippen molar-refractivity contribution in [3.8, 4) is 23.8 Å². The lowest BCUT2D eigenvalue weighted by Gasteiger charge is -2.10. The van der Waals surface area contributed by atoms with E-state index in [2.05, 4.69) is 16.2 Å². The molecule has 0 aliphatic carbocycles. The number of hydrogen-bond acceptors (Lipinski definition) is 4. The molecule has 0 saturated carbocycles. The molecule has 0 aliphatic rings. The first-order valence-corrected chi connectivity index (χ1v) is 8.34. The summed E-state index contributed by atoms with van der Waals surface area (Å²) in [7, 11) is 0. The predicted octanol–water partition coefficient (Wildman–Crippen LogP) is 3.92. The second-order valence-electron chi connectivity index (χ2n) is 5.65. The Morgan fingerprint density at radius 1 is 1.04 bits per heavy atom. The lowest BCUT2D eigenvalue weighted by atomic mass is 10.2. The molecule has 27 heavy (non-hydrogen) atoms. The van der Waals surface area contributed by atoms with E-state index in [1.807, 2.05) is 12.1 Å². The van der Waals surface area contributed by atoms with Gasteiger partial charge in [0.15, 0.2) is 0 Å². The number of carbonyl (C=O) groups is 1. The molecule has 0 fully saturated rings. The lowest BCUT2D eigenvalue weighted by Crippen LogP contribution is -2.12. The molecule has 0 spiro atoms. The van der Waals surface area contributed by atoms with E-state index < -0.39 is 0 Å². The largest absolute Gasteiger partial charge is 0.489 e. The Morgan fingerprint density at radius 2 is 1.85 bits per heavy atom. The molecule has 5 nitrogen and oxygen atoms in total. The summed E-state index contributed by atoms with van der Waals surface area (Å²) in [6.07, 6.45) is 8.64. The molecule has 0 unspecified atom stereocenters. The van der Waals surface area contributed by atoms with Crippen molar-refractivity contribution in [2.75, 3.05) is 11.9 Å². The molecule has 3 aromatic rings. The molecule has 3 rings (SSSR count). The molecule has 1 heterocycles. The smallest absolute Gasteiger partial charge is 0.255 e. The number of benzene rings is 2. The van der Waals surface area contributed by atoms with E-state index in [4.69, 9.17) is 15.9 Å². The van der Waals surface area contributed by atoms with E-state index >= 15 is 0 Å². The van der Waals surface area contributed by atoms with Crippen LogP contribution in [0.4, 0.5) is 5.69 Å². The van der Waals surface area contributed by atoms with Crippen LogP contribution in [0.1, 0.15) is 15.9 Å². The van der Waals surface area contributed by atoms with E-state index in [9.17, 15) is 4.79 Å². The Balaban J connectivity index is 1.64. The van der Waals surface area contributed by atoms with Crippen molar-refractivity contribution >= 4 is 11.6 Å². The van der Waals surface area contributed by atoms with Crippen molar-refractivity contribution in [3.63, 3.8) is 0 Å². The zero-order chi connectivity index (χ0) is 18.9. The molecule has 134 valence electrons. The minimum atomic E-state index is -0.240. The number of ether oxygens (including phenoxy) is 2. The van der Waals surface area contributed by atoms with Crippen LogP contribution in [0, 0.1) is 12.3 Å². The predicted molar refractivity (Wildman–Crippen MR) is 104 cm³/mol. The van der Waals surface area contributed by atoms with E-state index in [1.165, 1.54) is 0 Å². The summed E-state index contributed by atoms with van der Waals surface area (Å²) < 4.78 is 11.1. The molecule has 1 N–H and O–H groups in total. The summed E-state index contributed by atoms with van der Waals surface area (Å²) >= 11 is 0. The molecule has 1 aromatic heterocycles. The number of rotatable bonds is 7. The molecule has 0 bridgehead atoms. The second kappa shape index (κ2) is 9.07.